The molecule has 3 N–H and O–H groups in total. The van der Waals surface area contributed by atoms with E-state index in [4.69, 9.17) is 0 Å². The summed E-state index contributed by atoms with van der Waals surface area (Å²) in [5.41, 5.74) is 7.16. The van der Waals surface area contributed by atoms with E-state index in [1.165, 1.54) is 5.01 Å². The van der Waals surface area contributed by atoms with Gasteiger partial charge in [0.25, 0.3) is 0 Å². The topological polar surface area (TPSA) is 115 Å². The van der Waals surface area contributed by atoms with Crippen molar-refractivity contribution in [3.05, 3.63) is 53.1 Å². The highest BCUT2D eigenvalue weighted by atomic mass is 16.4. The van der Waals surface area contributed by atoms with Gasteiger partial charge in [0.05, 0.1) is 23.0 Å². The summed E-state index contributed by atoms with van der Waals surface area (Å²) in [4.78, 5) is 24.7. The average molecular weight is 449 g/mol. The molecule has 0 spiro atoms. The predicted octanol–water partition coefficient (Wildman–Crippen LogP) is 4.56. The van der Waals surface area contributed by atoms with Crippen LogP contribution < -0.4 is 10.4 Å². The van der Waals surface area contributed by atoms with Gasteiger partial charge in [-0.25, -0.2) is 0 Å². The van der Waals surface area contributed by atoms with Gasteiger partial charge in [-0.15, -0.1) is 0 Å². The summed E-state index contributed by atoms with van der Waals surface area (Å²) in [7, 11) is 0. The van der Waals surface area contributed by atoms with Gasteiger partial charge < -0.3 is 10.2 Å². The van der Waals surface area contributed by atoms with Crippen molar-refractivity contribution in [1.29, 1.82) is 0 Å². The van der Waals surface area contributed by atoms with Gasteiger partial charge in [0.2, 0.25) is 0 Å². The number of rotatable bonds is 5. The molecule has 8 nitrogen and oxygen atoms in total. The number of carbonyl (C=O) groups excluding carboxylic acids is 1. The maximum atomic E-state index is 13.0. The first kappa shape index (κ1) is 22.5. The number of anilines is 2. The second-order valence-corrected chi connectivity index (χ2v) is 8.72. The number of hydrazone groups is 2. The summed E-state index contributed by atoms with van der Waals surface area (Å²) in [5, 5.41) is 30.4. The minimum atomic E-state index is -0.840. The Hall–Kier alpha value is -3.68. The molecule has 2 atom stereocenters. The number of phenolic OH excluding ortho intramolecular Hbond substituents is 1. The molecule has 172 valence electrons. The molecule has 1 fully saturated rings. The number of hydrogen-bond acceptors (Lipinski definition) is 6. The van der Waals surface area contributed by atoms with E-state index < -0.39 is 11.9 Å². The fourth-order valence-corrected chi connectivity index (χ4v) is 4.52. The van der Waals surface area contributed by atoms with Crippen LogP contribution in [0.3, 0.4) is 0 Å². The smallest absolute Gasteiger partial charge is 0.307 e. The Morgan fingerprint density at radius 2 is 1.88 bits per heavy atom. The normalized spacial score (nSPS) is 21.9. The highest BCUT2D eigenvalue weighted by molar-refractivity contribution is 6.71. The molecule has 2 aromatic carbocycles. The summed E-state index contributed by atoms with van der Waals surface area (Å²) < 4.78 is 0. The number of nitrogens with zero attached hydrogens (tertiary/aromatic N) is 3. The Morgan fingerprint density at radius 1 is 1.12 bits per heavy atom. The van der Waals surface area contributed by atoms with Crippen molar-refractivity contribution in [3.63, 3.8) is 0 Å². The maximum absolute atomic E-state index is 13.0. The third kappa shape index (κ3) is 4.33. The maximum Gasteiger partial charge on any atom is 0.307 e. The quantitative estimate of drug-likeness (QED) is 0.458. The van der Waals surface area contributed by atoms with E-state index in [1.807, 2.05) is 32.0 Å². The van der Waals surface area contributed by atoms with E-state index >= 15 is 0 Å². The Kier molecular flexibility index (Phi) is 6.18. The van der Waals surface area contributed by atoms with Crippen LogP contribution >= 0.6 is 0 Å². The first-order valence-corrected chi connectivity index (χ1v) is 11.1. The molecule has 33 heavy (non-hydrogen) atoms. The van der Waals surface area contributed by atoms with Crippen LogP contribution in [0.2, 0.25) is 0 Å². The minimum Gasteiger partial charge on any atom is -0.505 e. The zero-order valence-corrected chi connectivity index (χ0v) is 19.0. The highest BCUT2D eigenvalue weighted by Gasteiger charge is 2.34. The van der Waals surface area contributed by atoms with Crippen LogP contribution in [0.25, 0.3) is 0 Å². The molecule has 2 unspecified atom stereocenters. The van der Waals surface area contributed by atoms with Crippen LogP contribution in [0.4, 0.5) is 11.4 Å². The van der Waals surface area contributed by atoms with Crippen molar-refractivity contribution in [3.8, 4) is 5.75 Å². The van der Waals surface area contributed by atoms with E-state index in [-0.39, 0.29) is 23.3 Å². The molecule has 0 saturated heterocycles. The lowest BCUT2D eigenvalue weighted by atomic mass is 9.75. The van der Waals surface area contributed by atoms with Gasteiger partial charge in [-0.1, -0.05) is 31.0 Å². The van der Waals surface area contributed by atoms with Gasteiger partial charge in [-0.05, 0) is 62.9 Å². The van der Waals surface area contributed by atoms with Gasteiger partial charge >= 0.3 is 11.9 Å². The predicted molar refractivity (Wildman–Crippen MR) is 128 cm³/mol. The van der Waals surface area contributed by atoms with Gasteiger partial charge in [0, 0.05) is 11.5 Å². The van der Waals surface area contributed by atoms with Crippen molar-refractivity contribution in [2.75, 3.05) is 10.4 Å². The standard InChI is InChI=1S/C25H28N4O4/c1-14-11-12-17(13-15(14)2)29-24(31)22(16(3)28-29)27-26-21-10-6-9-19(23(21)30)18-7-4-5-8-20(18)25(32)33/h6,9-13,18,20,26,30H,4-5,7-8H2,1-3H3,(H,32,33). The number of benzene rings is 2. The molecule has 4 rings (SSSR count). The zero-order chi connectivity index (χ0) is 23.7. The molecular weight excluding hydrogens is 420 g/mol. The van der Waals surface area contributed by atoms with Crippen molar-refractivity contribution in [2.24, 2.45) is 16.1 Å². The van der Waals surface area contributed by atoms with Crippen LogP contribution in [-0.2, 0) is 9.59 Å². The van der Waals surface area contributed by atoms with Crippen LogP contribution in [0.5, 0.6) is 5.75 Å². The molecule has 1 heterocycles. The van der Waals surface area contributed by atoms with Crippen LogP contribution in [-0.4, -0.2) is 33.5 Å². The fraction of sp³-hybridized carbons (Fsp3) is 0.360. The van der Waals surface area contributed by atoms with Crippen molar-refractivity contribution in [2.45, 2.75) is 52.4 Å². The lowest BCUT2D eigenvalue weighted by molar-refractivity contribution is -0.143. The summed E-state index contributed by atoms with van der Waals surface area (Å²) >= 11 is 0. The number of amides is 1. The molecule has 1 aliphatic heterocycles. The summed E-state index contributed by atoms with van der Waals surface area (Å²) in [5.74, 6) is -2.03. The third-order valence-electron chi connectivity index (χ3n) is 6.56. The molecule has 2 aromatic rings. The van der Waals surface area contributed by atoms with E-state index in [0.29, 0.717) is 35.5 Å². The van der Waals surface area contributed by atoms with Crippen molar-refractivity contribution in [1.82, 2.24) is 0 Å². The Morgan fingerprint density at radius 3 is 2.61 bits per heavy atom. The summed E-state index contributed by atoms with van der Waals surface area (Å²) in [6.07, 6.45) is 3.10. The first-order valence-electron chi connectivity index (χ1n) is 11.1. The lowest BCUT2D eigenvalue weighted by Crippen LogP contribution is -2.28. The molecule has 1 saturated carbocycles. The van der Waals surface area contributed by atoms with E-state index in [2.05, 4.69) is 15.6 Å². The zero-order valence-electron chi connectivity index (χ0n) is 19.0. The third-order valence-corrected chi connectivity index (χ3v) is 6.56. The van der Waals surface area contributed by atoms with E-state index in [1.54, 1.807) is 25.1 Å². The largest absolute Gasteiger partial charge is 0.505 e. The second kappa shape index (κ2) is 9.05. The van der Waals surface area contributed by atoms with Crippen LogP contribution in [0.1, 0.15) is 55.2 Å². The van der Waals surface area contributed by atoms with Gasteiger partial charge in [0.1, 0.15) is 5.75 Å². The summed E-state index contributed by atoms with van der Waals surface area (Å²) in [6.45, 7) is 5.68. The first-order chi connectivity index (χ1) is 15.8. The number of hydrogen-bond donors (Lipinski definition) is 3. The number of aryl methyl sites for hydroxylation is 2. The molecule has 1 aliphatic carbocycles. The average Bonchev–Trinajstić information content (AvgIpc) is 3.08. The molecule has 8 heteroatoms. The second-order valence-electron chi connectivity index (χ2n) is 8.72. The number of aliphatic carboxylic acids is 1. The Labute approximate surface area is 192 Å². The number of aromatic hydroxyl groups is 1. The fourth-order valence-electron chi connectivity index (χ4n) is 4.52. The number of carboxylic acid groups (broad SMARTS) is 1. The Balaban J connectivity index is 1.57. The number of carboxylic acids is 1. The molecule has 0 radical (unpaired) electrons. The molecule has 1 amide bonds. The number of phenols is 1. The van der Waals surface area contributed by atoms with E-state index in [9.17, 15) is 19.8 Å². The summed E-state index contributed by atoms with van der Waals surface area (Å²) in [6, 6.07) is 10.8. The lowest BCUT2D eigenvalue weighted by Gasteiger charge is -2.29. The molecule has 0 bridgehead atoms. The SMILES string of the molecule is CC1=NN(c2ccc(C)c(C)c2)C(=O)C1=NNc1cccc(C2CCCCC2C(=O)O)c1O. The monoisotopic (exact) mass is 448 g/mol. The molecule has 2 aliphatic rings. The highest BCUT2D eigenvalue weighted by Crippen LogP contribution is 2.43. The van der Waals surface area contributed by atoms with Crippen LogP contribution in [0.15, 0.2) is 46.6 Å². The molecular formula is C25H28N4O4. The van der Waals surface area contributed by atoms with Gasteiger partial charge in [-0.2, -0.15) is 15.2 Å². The van der Waals surface area contributed by atoms with E-state index in [0.717, 1.165) is 24.0 Å². The number of carbonyl (C=O) groups is 2. The van der Waals surface area contributed by atoms with Crippen LogP contribution in [0, 0.1) is 19.8 Å². The molecule has 0 aromatic heterocycles. The van der Waals surface area contributed by atoms with Crippen molar-refractivity contribution >= 4 is 34.7 Å². The minimum absolute atomic E-state index is 0.0361. The van der Waals surface area contributed by atoms with Crippen molar-refractivity contribution < 1.29 is 19.8 Å². The Bertz CT molecular complexity index is 1170. The number of nitrogens with one attached hydrogen (secondary N) is 1. The van der Waals surface area contributed by atoms with Gasteiger partial charge in [-0.3, -0.25) is 15.0 Å². The number of para-hydroxylation sites is 1. The van der Waals surface area contributed by atoms with Gasteiger partial charge in [0.15, 0.2) is 5.71 Å².